The lowest BCUT2D eigenvalue weighted by Crippen LogP contribution is -2.12. The van der Waals surface area contributed by atoms with E-state index in [9.17, 15) is 8.42 Å². The van der Waals surface area contributed by atoms with E-state index < -0.39 is 9.84 Å². The normalized spacial score (nSPS) is 11.9. The average Bonchev–Trinajstić information content (AvgIpc) is 2.60. The number of thioether (sulfide) groups is 1. The molecule has 0 aliphatic rings. The molecular weight excluding hydrogens is 280 g/mol. The zero-order chi connectivity index (χ0) is 12.9. The average molecular weight is 297 g/mol. The Morgan fingerprint density at radius 3 is 2.71 bits per heavy atom. The van der Waals surface area contributed by atoms with Gasteiger partial charge in [-0.15, -0.1) is 11.6 Å². The van der Waals surface area contributed by atoms with Crippen LogP contribution in [0.15, 0.2) is 11.4 Å². The smallest absolute Gasteiger partial charge is 0.167 e. The van der Waals surface area contributed by atoms with E-state index in [1.165, 1.54) is 11.8 Å². The van der Waals surface area contributed by atoms with Crippen LogP contribution in [0.5, 0.6) is 0 Å². The van der Waals surface area contributed by atoms with Gasteiger partial charge in [-0.3, -0.25) is 0 Å². The molecule has 0 spiro atoms. The van der Waals surface area contributed by atoms with Crippen LogP contribution in [0.4, 0.5) is 0 Å². The minimum atomic E-state index is -2.90. The number of alkyl halides is 1. The highest BCUT2D eigenvalue weighted by Gasteiger charge is 2.11. The first-order chi connectivity index (χ1) is 8.00. The number of imidazole rings is 1. The summed E-state index contributed by atoms with van der Waals surface area (Å²) in [5.41, 5.74) is 0.936. The van der Waals surface area contributed by atoms with Crippen LogP contribution in [-0.4, -0.2) is 35.2 Å². The Balaban J connectivity index is 2.49. The molecule has 17 heavy (non-hydrogen) atoms. The molecule has 1 aromatic heterocycles. The van der Waals surface area contributed by atoms with Gasteiger partial charge in [0.15, 0.2) is 15.0 Å². The van der Waals surface area contributed by atoms with Crippen molar-refractivity contribution in [2.24, 2.45) is 7.05 Å². The molecule has 98 valence electrons. The third kappa shape index (κ3) is 4.52. The van der Waals surface area contributed by atoms with Crippen molar-refractivity contribution in [3.63, 3.8) is 0 Å². The maximum Gasteiger partial charge on any atom is 0.167 e. The van der Waals surface area contributed by atoms with Gasteiger partial charge in [-0.2, -0.15) is 0 Å². The van der Waals surface area contributed by atoms with E-state index in [1.807, 2.05) is 18.5 Å². The molecule has 1 heterocycles. The molecule has 0 atom stereocenters. The van der Waals surface area contributed by atoms with E-state index in [4.69, 9.17) is 11.6 Å². The van der Waals surface area contributed by atoms with E-state index in [1.54, 1.807) is 6.20 Å². The molecule has 0 saturated carbocycles. The Labute approximate surface area is 112 Å². The fraction of sp³-hybridized carbons (Fsp3) is 0.700. The number of rotatable bonds is 7. The van der Waals surface area contributed by atoms with Gasteiger partial charge >= 0.3 is 0 Å². The van der Waals surface area contributed by atoms with Crippen LogP contribution in [0.3, 0.4) is 0 Å². The van der Waals surface area contributed by atoms with Gasteiger partial charge in [0.05, 0.1) is 23.5 Å². The minimum Gasteiger partial charge on any atom is -0.325 e. The van der Waals surface area contributed by atoms with Crippen LogP contribution in [0.25, 0.3) is 0 Å². The Morgan fingerprint density at radius 1 is 1.47 bits per heavy atom. The number of aromatic nitrogens is 2. The van der Waals surface area contributed by atoms with Gasteiger partial charge in [0, 0.05) is 18.6 Å². The second-order valence-corrected chi connectivity index (χ2v) is 7.36. The summed E-state index contributed by atoms with van der Waals surface area (Å²) >= 11 is 7.18. The highest BCUT2D eigenvalue weighted by molar-refractivity contribution is 8.00. The van der Waals surface area contributed by atoms with Crippen molar-refractivity contribution in [1.29, 1.82) is 0 Å². The lowest BCUT2D eigenvalue weighted by Gasteiger charge is -2.04. The summed E-state index contributed by atoms with van der Waals surface area (Å²) in [6.45, 7) is 1.87. The molecule has 0 unspecified atom stereocenters. The summed E-state index contributed by atoms with van der Waals surface area (Å²) in [5, 5.41) is 0.812. The van der Waals surface area contributed by atoms with Crippen LogP contribution >= 0.6 is 23.4 Å². The lowest BCUT2D eigenvalue weighted by atomic mass is 10.5. The number of hydrogen-bond donors (Lipinski definition) is 0. The summed E-state index contributed by atoms with van der Waals surface area (Å²) < 4.78 is 24.9. The molecule has 1 aromatic rings. The molecule has 0 aromatic carbocycles. The molecule has 0 aliphatic carbocycles. The zero-order valence-electron chi connectivity index (χ0n) is 10.0. The van der Waals surface area contributed by atoms with Gasteiger partial charge in [0.1, 0.15) is 0 Å². The molecule has 0 fully saturated rings. The fourth-order valence-corrected chi connectivity index (χ4v) is 4.40. The third-order valence-electron chi connectivity index (χ3n) is 2.32. The van der Waals surface area contributed by atoms with Gasteiger partial charge in [-0.05, 0) is 6.42 Å². The summed E-state index contributed by atoms with van der Waals surface area (Å²) in [7, 11) is -1.01. The molecule has 0 aliphatic heterocycles. The first-order valence-electron chi connectivity index (χ1n) is 5.40. The second kappa shape index (κ2) is 6.66. The fourth-order valence-electron chi connectivity index (χ4n) is 1.36. The molecule has 0 saturated heterocycles. The number of nitrogens with zero attached hydrogens (tertiary/aromatic N) is 2. The first kappa shape index (κ1) is 14.9. The Morgan fingerprint density at radius 2 is 2.18 bits per heavy atom. The van der Waals surface area contributed by atoms with Crippen LogP contribution in [0.1, 0.15) is 19.0 Å². The van der Waals surface area contributed by atoms with Crippen molar-refractivity contribution in [3.8, 4) is 0 Å². The monoisotopic (exact) mass is 296 g/mol. The number of halogens is 1. The summed E-state index contributed by atoms with van der Waals surface area (Å²) in [5.74, 6) is 1.42. The van der Waals surface area contributed by atoms with Gasteiger partial charge in [-0.25, -0.2) is 13.4 Å². The molecule has 7 heteroatoms. The van der Waals surface area contributed by atoms with Crippen molar-refractivity contribution >= 4 is 33.2 Å². The highest BCUT2D eigenvalue weighted by Crippen LogP contribution is 2.18. The van der Waals surface area contributed by atoms with E-state index >= 15 is 0 Å². The van der Waals surface area contributed by atoms with Gasteiger partial charge in [0.25, 0.3) is 0 Å². The largest absolute Gasteiger partial charge is 0.325 e. The van der Waals surface area contributed by atoms with E-state index in [0.29, 0.717) is 18.1 Å². The molecule has 1 rings (SSSR count). The van der Waals surface area contributed by atoms with Gasteiger partial charge in [-0.1, -0.05) is 18.7 Å². The van der Waals surface area contributed by atoms with Crippen LogP contribution in [0, 0.1) is 0 Å². The van der Waals surface area contributed by atoms with Crippen molar-refractivity contribution in [1.82, 2.24) is 9.55 Å². The summed E-state index contributed by atoms with van der Waals surface area (Å²) in [4.78, 5) is 4.20. The van der Waals surface area contributed by atoms with Gasteiger partial charge < -0.3 is 4.57 Å². The molecule has 0 N–H and O–H groups in total. The van der Waals surface area contributed by atoms with Crippen LogP contribution in [0.2, 0.25) is 0 Å². The lowest BCUT2D eigenvalue weighted by molar-refractivity contribution is 0.596. The zero-order valence-corrected chi connectivity index (χ0v) is 12.4. The van der Waals surface area contributed by atoms with Crippen molar-refractivity contribution in [3.05, 3.63) is 11.9 Å². The van der Waals surface area contributed by atoms with Gasteiger partial charge in [0.2, 0.25) is 0 Å². The molecule has 0 radical (unpaired) electrons. The molecular formula is C10H17ClN2O2S2. The van der Waals surface area contributed by atoms with Crippen molar-refractivity contribution in [2.75, 3.05) is 17.3 Å². The predicted octanol–water partition coefficient (Wildman–Crippen LogP) is 2.08. The standard InChI is InChI=1S/C10H17ClN2O2S2/c1-3-5-17(14,15)6-4-16-10-12-8-9(7-11)13(10)2/h8H,3-7H2,1-2H3. The number of sulfone groups is 1. The van der Waals surface area contributed by atoms with E-state index in [2.05, 4.69) is 4.98 Å². The Bertz CT molecular complexity index is 457. The SMILES string of the molecule is CCCS(=O)(=O)CCSc1ncc(CCl)n1C. The minimum absolute atomic E-state index is 0.203. The van der Waals surface area contributed by atoms with E-state index in [0.717, 1.165) is 10.9 Å². The van der Waals surface area contributed by atoms with E-state index in [-0.39, 0.29) is 11.5 Å². The maximum absolute atomic E-state index is 11.5. The van der Waals surface area contributed by atoms with Crippen molar-refractivity contribution < 1.29 is 8.42 Å². The predicted molar refractivity (Wildman–Crippen MR) is 72.4 cm³/mol. The maximum atomic E-state index is 11.5. The second-order valence-electron chi connectivity index (χ2n) is 3.73. The quantitative estimate of drug-likeness (QED) is 0.571. The first-order valence-corrected chi connectivity index (χ1v) is 8.74. The van der Waals surface area contributed by atoms with Crippen LogP contribution < -0.4 is 0 Å². The Kier molecular flexibility index (Phi) is 5.82. The van der Waals surface area contributed by atoms with Crippen LogP contribution in [-0.2, 0) is 22.8 Å². The number of hydrogen-bond acceptors (Lipinski definition) is 4. The third-order valence-corrected chi connectivity index (χ3v) is 5.75. The van der Waals surface area contributed by atoms with Crippen molar-refractivity contribution in [2.45, 2.75) is 24.4 Å². The molecule has 0 amide bonds. The molecule has 4 nitrogen and oxygen atoms in total. The summed E-state index contributed by atoms with van der Waals surface area (Å²) in [6, 6.07) is 0. The molecule has 0 bridgehead atoms. The summed E-state index contributed by atoms with van der Waals surface area (Å²) in [6.07, 6.45) is 2.39. The Hall–Kier alpha value is -0.200. The topological polar surface area (TPSA) is 52.0 Å². The highest BCUT2D eigenvalue weighted by atomic mass is 35.5.